The van der Waals surface area contributed by atoms with Gasteiger partial charge in [-0.05, 0) is 31.2 Å². The highest BCUT2D eigenvalue weighted by Gasteiger charge is 2.27. The molecule has 20 heavy (non-hydrogen) atoms. The average molecular weight is 317 g/mol. The largest absolute Gasteiger partial charge is 0.312 e. The highest BCUT2D eigenvalue weighted by molar-refractivity contribution is 7.91. The van der Waals surface area contributed by atoms with E-state index in [9.17, 15) is 8.42 Å². The van der Waals surface area contributed by atoms with E-state index < -0.39 is 9.84 Å². The Balaban J connectivity index is 1.69. The van der Waals surface area contributed by atoms with Gasteiger partial charge in [0.1, 0.15) is 0 Å². The average Bonchev–Trinajstić information content (AvgIpc) is 2.69. The van der Waals surface area contributed by atoms with Gasteiger partial charge in [-0.1, -0.05) is 23.7 Å². The molecule has 2 rings (SSSR count). The van der Waals surface area contributed by atoms with Crippen LogP contribution in [0.15, 0.2) is 24.3 Å². The first-order chi connectivity index (χ1) is 9.44. The number of hydrogen-bond acceptors (Lipinski definition) is 4. The molecule has 1 saturated heterocycles. The van der Waals surface area contributed by atoms with Gasteiger partial charge in [-0.3, -0.25) is 0 Å². The predicted octanol–water partition coefficient (Wildman–Crippen LogP) is 1.55. The van der Waals surface area contributed by atoms with Gasteiger partial charge in [-0.2, -0.15) is 0 Å². The fourth-order valence-corrected chi connectivity index (χ4v) is 4.36. The summed E-state index contributed by atoms with van der Waals surface area (Å²) in [6.07, 6.45) is 0.736. The molecule has 1 aliphatic heterocycles. The van der Waals surface area contributed by atoms with E-state index in [1.54, 1.807) is 0 Å². The first kappa shape index (κ1) is 15.8. The van der Waals surface area contributed by atoms with Crippen molar-refractivity contribution in [3.8, 4) is 0 Å². The van der Waals surface area contributed by atoms with Gasteiger partial charge in [0, 0.05) is 30.7 Å². The van der Waals surface area contributed by atoms with Crippen molar-refractivity contribution in [2.24, 2.45) is 0 Å². The Morgan fingerprint density at radius 3 is 2.90 bits per heavy atom. The third-order valence-electron chi connectivity index (χ3n) is 3.50. The first-order valence-corrected chi connectivity index (χ1v) is 9.01. The zero-order valence-corrected chi connectivity index (χ0v) is 13.3. The molecule has 1 heterocycles. The van der Waals surface area contributed by atoms with Crippen molar-refractivity contribution in [2.75, 3.05) is 31.6 Å². The zero-order chi connectivity index (χ0) is 14.6. The highest BCUT2D eigenvalue weighted by atomic mass is 35.5. The Hall–Kier alpha value is -0.620. The standard InChI is InChI=1S/C14H21ClN2O2S/c1-17(10-12-3-2-4-13(15)9-12)7-6-16-14-5-8-20(18,19)11-14/h2-4,9,14,16H,5-8,10-11H2,1H3. The summed E-state index contributed by atoms with van der Waals surface area (Å²) in [4.78, 5) is 2.20. The normalized spacial score (nSPS) is 21.4. The van der Waals surface area contributed by atoms with E-state index in [0.29, 0.717) is 5.75 Å². The van der Waals surface area contributed by atoms with Crippen molar-refractivity contribution >= 4 is 21.4 Å². The lowest BCUT2D eigenvalue weighted by Gasteiger charge is -2.18. The third-order valence-corrected chi connectivity index (χ3v) is 5.50. The van der Waals surface area contributed by atoms with Crippen LogP contribution in [0.5, 0.6) is 0 Å². The molecule has 0 spiro atoms. The second kappa shape index (κ2) is 6.89. The molecular weight excluding hydrogens is 296 g/mol. The van der Waals surface area contributed by atoms with E-state index >= 15 is 0 Å². The van der Waals surface area contributed by atoms with Crippen molar-refractivity contribution in [3.05, 3.63) is 34.9 Å². The van der Waals surface area contributed by atoms with E-state index in [0.717, 1.165) is 31.1 Å². The Bertz CT molecular complexity index is 548. The van der Waals surface area contributed by atoms with E-state index in [1.807, 2.05) is 25.2 Å². The molecule has 1 unspecified atom stereocenters. The fourth-order valence-electron chi connectivity index (χ4n) is 2.44. The van der Waals surface area contributed by atoms with Crippen LogP contribution in [-0.4, -0.2) is 51.0 Å². The summed E-state index contributed by atoms with van der Waals surface area (Å²) < 4.78 is 22.7. The molecule has 0 bridgehead atoms. The van der Waals surface area contributed by atoms with Crippen molar-refractivity contribution < 1.29 is 8.42 Å². The summed E-state index contributed by atoms with van der Waals surface area (Å²) in [5.74, 6) is 0.605. The predicted molar refractivity (Wildman–Crippen MR) is 82.8 cm³/mol. The number of nitrogens with zero attached hydrogens (tertiary/aromatic N) is 1. The van der Waals surface area contributed by atoms with Crippen LogP contribution in [0.3, 0.4) is 0 Å². The summed E-state index contributed by atoms with van der Waals surface area (Å²) in [5, 5.41) is 4.07. The van der Waals surface area contributed by atoms with Crippen LogP contribution in [0.1, 0.15) is 12.0 Å². The van der Waals surface area contributed by atoms with Crippen molar-refractivity contribution in [1.82, 2.24) is 10.2 Å². The molecule has 1 fully saturated rings. The Morgan fingerprint density at radius 2 is 2.25 bits per heavy atom. The molecular formula is C14H21ClN2O2S. The van der Waals surface area contributed by atoms with Crippen LogP contribution < -0.4 is 5.32 Å². The van der Waals surface area contributed by atoms with Crippen molar-refractivity contribution in [2.45, 2.75) is 19.0 Å². The minimum Gasteiger partial charge on any atom is -0.312 e. The summed E-state index contributed by atoms with van der Waals surface area (Å²) in [5.41, 5.74) is 1.18. The Labute approximate surface area is 126 Å². The van der Waals surface area contributed by atoms with Crippen LogP contribution >= 0.6 is 11.6 Å². The van der Waals surface area contributed by atoms with Crippen molar-refractivity contribution in [3.63, 3.8) is 0 Å². The first-order valence-electron chi connectivity index (χ1n) is 6.81. The van der Waals surface area contributed by atoms with Gasteiger partial charge in [-0.15, -0.1) is 0 Å². The van der Waals surface area contributed by atoms with Crippen LogP contribution in [0.4, 0.5) is 0 Å². The second-order valence-electron chi connectivity index (χ2n) is 5.42. The SMILES string of the molecule is CN(CCNC1CCS(=O)(=O)C1)Cc1cccc(Cl)c1. The molecule has 0 saturated carbocycles. The molecule has 0 aliphatic carbocycles. The molecule has 112 valence electrons. The summed E-state index contributed by atoms with van der Waals surface area (Å²) in [6, 6.07) is 7.97. The molecule has 0 amide bonds. The second-order valence-corrected chi connectivity index (χ2v) is 8.09. The monoisotopic (exact) mass is 316 g/mol. The van der Waals surface area contributed by atoms with Crippen molar-refractivity contribution in [1.29, 1.82) is 0 Å². The maximum atomic E-state index is 11.3. The van der Waals surface area contributed by atoms with Crippen LogP contribution in [0.2, 0.25) is 5.02 Å². The lowest BCUT2D eigenvalue weighted by atomic mass is 10.2. The lowest BCUT2D eigenvalue weighted by Crippen LogP contribution is -2.36. The molecule has 6 heteroatoms. The number of sulfone groups is 1. The maximum absolute atomic E-state index is 11.3. The minimum atomic E-state index is -2.79. The van der Waals surface area contributed by atoms with Crippen LogP contribution in [0.25, 0.3) is 0 Å². The maximum Gasteiger partial charge on any atom is 0.151 e. The molecule has 1 aromatic carbocycles. The van der Waals surface area contributed by atoms with Gasteiger partial charge in [0.15, 0.2) is 9.84 Å². The lowest BCUT2D eigenvalue weighted by molar-refractivity contribution is 0.319. The van der Waals surface area contributed by atoms with Crippen LogP contribution in [0, 0.1) is 0 Å². The highest BCUT2D eigenvalue weighted by Crippen LogP contribution is 2.12. The topological polar surface area (TPSA) is 49.4 Å². The Kier molecular flexibility index (Phi) is 5.43. The summed E-state index contributed by atoms with van der Waals surface area (Å²) in [6.45, 7) is 2.52. The number of benzene rings is 1. The molecule has 1 atom stereocenters. The molecule has 1 N–H and O–H groups in total. The zero-order valence-electron chi connectivity index (χ0n) is 11.7. The number of rotatable bonds is 6. The van der Waals surface area contributed by atoms with E-state index in [4.69, 9.17) is 11.6 Å². The molecule has 1 aliphatic rings. The van der Waals surface area contributed by atoms with Gasteiger partial charge in [0.25, 0.3) is 0 Å². The smallest absolute Gasteiger partial charge is 0.151 e. The van der Waals surface area contributed by atoms with Gasteiger partial charge in [-0.25, -0.2) is 8.42 Å². The fraction of sp³-hybridized carbons (Fsp3) is 0.571. The number of halogens is 1. The molecule has 0 aromatic heterocycles. The van der Waals surface area contributed by atoms with Gasteiger partial charge >= 0.3 is 0 Å². The minimum absolute atomic E-state index is 0.125. The molecule has 1 aromatic rings. The van der Waals surface area contributed by atoms with Crippen LogP contribution in [-0.2, 0) is 16.4 Å². The molecule has 4 nitrogen and oxygen atoms in total. The number of nitrogens with one attached hydrogen (secondary N) is 1. The Morgan fingerprint density at radius 1 is 1.45 bits per heavy atom. The quantitative estimate of drug-likeness (QED) is 0.865. The van der Waals surface area contributed by atoms with E-state index in [2.05, 4.69) is 16.3 Å². The summed E-state index contributed by atoms with van der Waals surface area (Å²) >= 11 is 5.96. The summed E-state index contributed by atoms with van der Waals surface area (Å²) in [7, 11) is -0.741. The van der Waals surface area contributed by atoms with Gasteiger partial charge < -0.3 is 10.2 Å². The number of likely N-dealkylation sites (N-methyl/N-ethyl adjacent to an activating group) is 1. The van der Waals surface area contributed by atoms with E-state index in [-0.39, 0.29) is 11.8 Å². The van der Waals surface area contributed by atoms with E-state index in [1.165, 1.54) is 5.56 Å². The molecule has 0 radical (unpaired) electrons. The number of hydrogen-bond donors (Lipinski definition) is 1. The van der Waals surface area contributed by atoms with Gasteiger partial charge in [0.05, 0.1) is 11.5 Å². The third kappa shape index (κ3) is 5.05. The van der Waals surface area contributed by atoms with Gasteiger partial charge in [0.2, 0.25) is 0 Å².